The van der Waals surface area contributed by atoms with E-state index in [1.165, 1.54) is 55.6 Å². The van der Waals surface area contributed by atoms with Gasteiger partial charge in [0.1, 0.15) is 0 Å². The molecule has 0 amide bonds. The van der Waals surface area contributed by atoms with E-state index in [0.717, 1.165) is 0 Å². The Hall–Kier alpha value is -4.10. The van der Waals surface area contributed by atoms with Gasteiger partial charge in [-0.1, -0.05) is 0 Å². The van der Waals surface area contributed by atoms with Crippen molar-refractivity contribution in [2.24, 2.45) is 0 Å². The first-order valence-electron chi connectivity index (χ1n) is 17.3. The molecule has 2 unspecified atom stereocenters. The Morgan fingerprint density at radius 2 is 0.750 bits per heavy atom. The molecule has 2 aliphatic carbocycles. The summed E-state index contributed by atoms with van der Waals surface area (Å²) < 4.78 is 1.22. The summed E-state index contributed by atoms with van der Waals surface area (Å²) in [5.41, 5.74) is 19.9. The first-order valence-corrected chi connectivity index (χ1v) is 27.3. The van der Waals surface area contributed by atoms with Gasteiger partial charge in [-0.3, -0.25) is 0 Å². The van der Waals surface area contributed by atoms with E-state index in [9.17, 15) is 0 Å². The molecular weight excluding hydrogens is 672 g/mol. The Bertz CT molecular complexity index is 2040. The molecule has 0 aliphatic heterocycles. The number of hydrogen-bond acceptors (Lipinski definition) is 0. The van der Waals surface area contributed by atoms with Gasteiger partial charge in [-0.25, -0.2) is 0 Å². The second kappa shape index (κ2) is 13.1. The topological polar surface area (TPSA) is 0 Å². The maximum absolute atomic E-state index is 2.66. The average molecular weight is 713 g/mol. The first-order chi connectivity index (χ1) is 23.5. The van der Waals surface area contributed by atoms with Crippen LogP contribution in [0.5, 0.6) is 0 Å². The Kier molecular flexibility index (Phi) is 8.49. The summed E-state index contributed by atoms with van der Waals surface area (Å²) in [5, 5.41) is 0. The fraction of sp³-hybridized carbons (Fsp3) is 0.130. The molecule has 0 heterocycles. The van der Waals surface area contributed by atoms with Gasteiger partial charge in [-0.15, -0.1) is 0 Å². The molecule has 0 radical (unpaired) electrons. The monoisotopic (exact) mass is 711 g/mol. The molecule has 0 saturated heterocycles. The van der Waals surface area contributed by atoms with Gasteiger partial charge in [0.05, 0.1) is 0 Å². The Morgan fingerprint density at radius 1 is 0.396 bits per heavy atom. The van der Waals surface area contributed by atoms with Crippen molar-refractivity contribution in [3.63, 3.8) is 0 Å². The predicted octanol–water partition coefficient (Wildman–Crippen LogP) is 12.6. The fourth-order valence-corrected chi connectivity index (χ4v) is 31.7. The molecule has 2 heteroatoms. The van der Waals surface area contributed by atoms with Crippen molar-refractivity contribution in [3.05, 3.63) is 179 Å². The van der Waals surface area contributed by atoms with E-state index < -0.39 is 26.8 Å². The van der Waals surface area contributed by atoms with Crippen LogP contribution < -0.4 is 0 Å². The van der Waals surface area contributed by atoms with E-state index >= 15 is 0 Å². The molecule has 6 aromatic rings. The Morgan fingerprint density at radius 3 is 1.15 bits per heavy atom. The Balaban J connectivity index is 1.23. The maximum atomic E-state index is 2.66. The van der Waals surface area contributed by atoms with Crippen molar-refractivity contribution < 1.29 is 20.9 Å². The van der Waals surface area contributed by atoms with Crippen LogP contribution in [0, 0.1) is 0 Å². The standard InChI is InChI=1S/2C22H17.C2H7Si.Zr/c2*1-16-14-18-10-7-13-21(22(18)15-16)20-12-6-5-11-19(20)17-8-3-2-4-9-17;1-3-2;/h2*2-15H,1H3;3H,1-2H3;. The minimum atomic E-state index is -2.18. The van der Waals surface area contributed by atoms with Crippen LogP contribution in [-0.4, -0.2) is 5.92 Å². The molecule has 6 aromatic carbocycles. The van der Waals surface area contributed by atoms with Crippen molar-refractivity contribution in [3.8, 4) is 44.5 Å². The Labute approximate surface area is 294 Å². The van der Waals surface area contributed by atoms with Crippen molar-refractivity contribution >= 4 is 18.1 Å². The van der Waals surface area contributed by atoms with Crippen molar-refractivity contribution in [1.82, 2.24) is 0 Å². The summed E-state index contributed by atoms with van der Waals surface area (Å²) in [6, 6.07) is 54.0. The van der Waals surface area contributed by atoms with E-state index in [2.05, 4.69) is 185 Å². The van der Waals surface area contributed by atoms with Crippen LogP contribution in [0.3, 0.4) is 0 Å². The van der Waals surface area contributed by atoms with Gasteiger partial charge >= 0.3 is 297 Å². The zero-order chi connectivity index (χ0) is 32.8. The molecule has 2 atom stereocenters. The van der Waals surface area contributed by atoms with Gasteiger partial charge in [-0.05, 0) is 0 Å². The van der Waals surface area contributed by atoms with Crippen molar-refractivity contribution in [2.75, 3.05) is 0 Å². The van der Waals surface area contributed by atoms with Crippen LogP contribution in [0.2, 0.25) is 13.1 Å². The molecule has 0 bridgehead atoms. The SMILES string of the molecule is CC1=Cc2c(-c3ccccc3-c3ccccc3)cccc2[CH]1[Zr]([CH]1C(C)=Cc2c(-c3ccccc3-c3ccccc3)cccc21)[SiH](C)C. The summed E-state index contributed by atoms with van der Waals surface area (Å²) >= 11 is -2.18. The van der Waals surface area contributed by atoms with Crippen LogP contribution >= 0.6 is 0 Å². The third-order valence-electron chi connectivity index (χ3n) is 10.5. The number of hydrogen-bond donors (Lipinski definition) is 0. The van der Waals surface area contributed by atoms with Crippen LogP contribution in [0.4, 0.5) is 0 Å². The molecule has 0 N–H and O–H groups in total. The van der Waals surface area contributed by atoms with Gasteiger partial charge in [-0.2, -0.15) is 0 Å². The van der Waals surface area contributed by atoms with Gasteiger partial charge < -0.3 is 0 Å². The van der Waals surface area contributed by atoms with E-state index in [-0.39, 0.29) is 0 Å². The second-order valence-electron chi connectivity index (χ2n) is 13.7. The number of allylic oxidation sites excluding steroid dienone is 2. The molecule has 0 nitrogen and oxygen atoms in total. The van der Waals surface area contributed by atoms with Gasteiger partial charge in [0.2, 0.25) is 0 Å². The molecule has 48 heavy (non-hydrogen) atoms. The van der Waals surface area contributed by atoms with Gasteiger partial charge in [0.15, 0.2) is 0 Å². The van der Waals surface area contributed by atoms with Gasteiger partial charge in [0.25, 0.3) is 0 Å². The van der Waals surface area contributed by atoms with E-state index in [0.29, 0.717) is 7.25 Å². The van der Waals surface area contributed by atoms with E-state index in [1.54, 1.807) is 22.3 Å². The predicted molar refractivity (Wildman–Crippen MR) is 206 cm³/mol. The average Bonchev–Trinajstić information content (AvgIpc) is 3.64. The van der Waals surface area contributed by atoms with E-state index in [1.807, 2.05) is 0 Å². The molecule has 233 valence electrons. The molecule has 0 spiro atoms. The molecule has 2 aliphatic rings. The summed E-state index contributed by atoms with van der Waals surface area (Å²) in [4.78, 5) is 0. The quantitative estimate of drug-likeness (QED) is 0.145. The second-order valence-corrected chi connectivity index (χ2v) is 33.8. The molecule has 0 aromatic heterocycles. The van der Waals surface area contributed by atoms with Crippen LogP contribution in [0.15, 0.2) is 157 Å². The van der Waals surface area contributed by atoms with Crippen molar-refractivity contribution in [2.45, 2.75) is 34.2 Å². The third-order valence-corrected chi connectivity index (χ3v) is 32.6. The fourth-order valence-electron chi connectivity index (χ4n) is 8.47. The molecule has 0 saturated carbocycles. The molecule has 0 fully saturated rings. The van der Waals surface area contributed by atoms with Crippen LogP contribution in [0.25, 0.3) is 56.7 Å². The number of benzene rings is 6. The van der Waals surface area contributed by atoms with Crippen LogP contribution in [-0.2, 0) is 20.9 Å². The molecule has 8 rings (SSSR count). The third kappa shape index (κ3) is 5.40. The summed E-state index contributed by atoms with van der Waals surface area (Å²) in [6.07, 6.45) is 5.13. The zero-order valence-corrected chi connectivity index (χ0v) is 31.9. The first kappa shape index (κ1) is 31.2. The summed E-state index contributed by atoms with van der Waals surface area (Å²) in [6.45, 7) is 10.2. The minimum absolute atomic E-state index is 0.609. The zero-order valence-electron chi connectivity index (χ0n) is 28.2. The van der Waals surface area contributed by atoms with Gasteiger partial charge in [0, 0.05) is 0 Å². The van der Waals surface area contributed by atoms with Crippen molar-refractivity contribution in [1.29, 1.82) is 0 Å². The van der Waals surface area contributed by atoms with E-state index in [4.69, 9.17) is 0 Å². The summed E-state index contributed by atoms with van der Waals surface area (Å²) in [7, 11) is 0. The van der Waals surface area contributed by atoms with Crippen LogP contribution in [0.1, 0.15) is 43.4 Å². The number of fused-ring (bicyclic) bond motifs is 2. The number of rotatable bonds is 7. The molecular formula is C46H41SiZr. The normalized spacial score (nSPS) is 16.4. The summed E-state index contributed by atoms with van der Waals surface area (Å²) in [5.74, 6) is -0.968.